The largest absolute Gasteiger partial charge is 0.478 e. The van der Waals surface area contributed by atoms with Crippen molar-refractivity contribution in [2.45, 2.75) is 18.4 Å². The Morgan fingerprint density at radius 2 is 2.20 bits per heavy atom. The Morgan fingerprint density at radius 3 is 2.75 bits per heavy atom. The molecule has 0 saturated carbocycles. The predicted molar refractivity (Wildman–Crippen MR) is 64.0 cm³/mol. The molecule has 9 nitrogen and oxygen atoms in total. The van der Waals surface area contributed by atoms with Crippen molar-refractivity contribution in [3.05, 3.63) is 44.8 Å². The fraction of sp³-hybridized carbons (Fsp3) is 0.364. The molecule has 0 unspecified atom stereocenters. The second-order valence-electron chi connectivity index (χ2n) is 4.15. The molecule has 1 fully saturated rings. The number of nitrogens with one attached hydrogen (secondary N) is 1. The number of aromatic nitrogens is 2. The molecule has 108 valence electrons. The molecular weight excluding hydrogens is 272 g/mol. The van der Waals surface area contributed by atoms with Crippen LogP contribution in [-0.2, 0) is 9.53 Å². The van der Waals surface area contributed by atoms with E-state index in [-0.39, 0.29) is 5.57 Å². The zero-order chi connectivity index (χ0) is 14.9. The Kier molecular flexibility index (Phi) is 3.84. The van der Waals surface area contributed by atoms with Gasteiger partial charge in [0, 0.05) is 23.9 Å². The quantitative estimate of drug-likeness (QED) is 0.461. The standard InChI is InChI=1S/C11H12N2O7/c14-4-6-9(18)5(3-8(16)17)10(20-6)13-2-1-7(15)12-11(13)19/h1-3,6,9-10,14,18H,4H2,(H,16,17)(H,12,15,19)/b5-3+/t6-,9+,10-/m1/s1. The predicted octanol–water partition coefficient (Wildman–Crippen LogP) is -2.20. The SMILES string of the molecule is O=C(O)/C=C1/[C@H](n2ccc(=O)[nH]c2=O)O[C@H](CO)[C@H]1O. The third kappa shape index (κ3) is 2.54. The number of hydrogen-bond donors (Lipinski definition) is 4. The van der Waals surface area contributed by atoms with Crippen molar-refractivity contribution in [3.8, 4) is 0 Å². The van der Waals surface area contributed by atoms with Crippen molar-refractivity contribution in [1.29, 1.82) is 0 Å². The van der Waals surface area contributed by atoms with Crippen molar-refractivity contribution in [3.63, 3.8) is 0 Å². The number of hydrogen-bond acceptors (Lipinski definition) is 6. The molecule has 0 aliphatic carbocycles. The highest BCUT2D eigenvalue weighted by Crippen LogP contribution is 2.32. The number of aliphatic carboxylic acids is 1. The first-order valence-electron chi connectivity index (χ1n) is 5.64. The van der Waals surface area contributed by atoms with Crippen LogP contribution in [0.25, 0.3) is 0 Å². The van der Waals surface area contributed by atoms with Gasteiger partial charge in [0.05, 0.1) is 6.61 Å². The number of rotatable bonds is 3. The van der Waals surface area contributed by atoms with Gasteiger partial charge in [0.15, 0.2) is 6.23 Å². The second kappa shape index (κ2) is 5.41. The maximum Gasteiger partial charge on any atom is 0.330 e. The number of aliphatic hydroxyl groups is 2. The van der Waals surface area contributed by atoms with E-state index < -0.39 is 42.3 Å². The summed E-state index contributed by atoms with van der Waals surface area (Å²) in [6.45, 7) is -0.549. The van der Waals surface area contributed by atoms with Crippen LogP contribution in [0.15, 0.2) is 33.5 Å². The lowest BCUT2D eigenvalue weighted by molar-refractivity contribution is -0.131. The van der Waals surface area contributed by atoms with Crippen LogP contribution >= 0.6 is 0 Å². The number of H-pyrrole nitrogens is 1. The third-order valence-corrected chi connectivity index (χ3v) is 2.86. The van der Waals surface area contributed by atoms with Crippen LogP contribution in [0.1, 0.15) is 6.23 Å². The average Bonchev–Trinajstić information content (AvgIpc) is 2.66. The lowest BCUT2D eigenvalue weighted by Gasteiger charge is -2.14. The Hall–Kier alpha value is -2.23. The number of nitrogens with zero attached hydrogens (tertiary/aromatic N) is 1. The zero-order valence-electron chi connectivity index (χ0n) is 10.1. The highest BCUT2D eigenvalue weighted by atomic mass is 16.5. The smallest absolute Gasteiger partial charge is 0.330 e. The normalized spacial score (nSPS) is 27.9. The first kappa shape index (κ1) is 14.2. The van der Waals surface area contributed by atoms with Gasteiger partial charge in [-0.05, 0) is 0 Å². The second-order valence-corrected chi connectivity index (χ2v) is 4.15. The van der Waals surface area contributed by atoms with Crippen LogP contribution in [-0.4, -0.2) is 49.7 Å². The number of ether oxygens (including phenoxy) is 1. The third-order valence-electron chi connectivity index (χ3n) is 2.86. The van der Waals surface area contributed by atoms with Crippen LogP contribution in [0.4, 0.5) is 0 Å². The molecule has 2 rings (SSSR count). The molecule has 4 N–H and O–H groups in total. The van der Waals surface area contributed by atoms with Gasteiger partial charge in [-0.2, -0.15) is 0 Å². The van der Waals surface area contributed by atoms with E-state index in [2.05, 4.69) is 0 Å². The minimum atomic E-state index is -1.36. The first-order chi connectivity index (χ1) is 9.43. The molecule has 1 saturated heterocycles. The minimum Gasteiger partial charge on any atom is -0.478 e. The van der Waals surface area contributed by atoms with E-state index in [4.69, 9.17) is 14.9 Å². The number of carboxylic acids is 1. The molecule has 9 heteroatoms. The summed E-state index contributed by atoms with van der Waals surface area (Å²) in [4.78, 5) is 35.4. The van der Waals surface area contributed by atoms with E-state index >= 15 is 0 Å². The van der Waals surface area contributed by atoms with Crippen molar-refractivity contribution in [1.82, 2.24) is 9.55 Å². The summed E-state index contributed by atoms with van der Waals surface area (Å²) in [5.74, 6) is -1.33. The molecule has 0 spiro atoms. The monoisotopic (exact) mass is 284 g/mol. The van der Waals surface area contributed by atoms with E-state index in [0.29, 0.717) is 6.08 Å². The Labute approximate surface area is 111 Å². The summed E-state index contributed by atoms with van der Waals surface area (Å²) in [7, 11) is 0. The van der Waals surface area contributed by atoms with Crippen LogP contribution < -0.4 is 11.2 Å². The fourth-order valence-electron chi connectivity index (χ4n) is 1.96. The van der Waals surface area contributed by atoms with Gasteiger partial charge in [-0.3, -0.25) is 14.3 Å². The van der Waals surface area contributed by atoms with Crippen LogP contribution in [0.2, 0.25) is 0 Å². The lowest BCUT2D eigenvalue weighted by atomic mass is 10.1. The highest BCUT2D eigenvalue weighted by molar-refractivity contribution is 5.81. The van der Waals surface area contributed by atoms with Crippen LogP contribution in [0.5, 0.6) is 0 Å². The van der Waals surface area contributed by atoms with E-state index in [9.17, 15) is 19.5 Å². The molecule has 1 aliphatic heterocycles. The summed E-state index contributed by atoms with van der Waals surface area (Å²) in [6, 6.07) is 1.06. The molecule has 0 radical (unpaired) electrons. The summed E-state index contributed by atoms with van der Waals surface area (Å²) < 4.78 is 6.18. The van der Waals surface area contributed by atoms with Gasteiger partial charge in [0.25, 0.3) is 5.56 Å². The van der Waals surface area contributed by atoms with E-state index in [1.54, 1.807) is 0 Å². The van der Waals surface area contributed by atoms with Crippen molar-refractivity contribution in [2.24, 2.45) is 0 Å². The van der Waals surface area contributed by atoms with E-state index in [1.165, 1.54) is 0 Å². The van der Waals surface area contributed by atoms with Crippen LogP contribution in [0, 0.1) is 0 Å². The molecule has 20 heavy (non-hydrogen) atoms. The minimum absolute atomic E-state index is 0.0919. The molecule has 0 aromatic carbocycles. The Balaban J connectivity index is 2.50. The van der Waals surface area contributed by atoms with Crippen molar-refractivity contribution < 1.29 is 24.9 Å². The molecule has 1 aromatic heterocycles. The fourth-order valence-corrected chi connectivity index (χ4v) is 1.96. The number of carboxylic acid groups (broad SMARTS) is 1. The molecule has 1 aliphatic rings. The maximum absolute atomic E-state index is 11.7. The maximum atomic E-state index is 11.7. The summed E-state index contributed by atoms with van der Waals surface area (Å²) in [6.07, 6.45) is -1.79. The Morgan fingerprint density at radius 1 is 1.50 bits per heavy atom. The van der Waals surface area contributed by atoms with Gasteiger partial charge < -0.3 is 20.1 Å². The number of aliphatic hydroxyl groups excluding tert-OH is 2. The summed E-state index contributed by atoms with van der Waals surface area (Å²) in [5.41, 5.74) is -1.53. The average molecular weight is 284 g/mol. The van der Waals surface area contributed by atoms with Crippen molar-refractivity contribution >= 4 is 5.97 Å². The highest BCUT2D eigenvalue weighted by Gasteiger charge is 2.40. The lowest BCUT2D eigenvalue weighted by Crippen LogP contribution is -2.32. The summed E-state index contributed by atoms with van der Waals surface area (Å²) >= 11 is 0. The van der Waals surface area contributed by atoms with Gasteiger partial charge in [-0.15, -0.1) is 0 Å². The molecule has 0 bridgehead atoms. The Bertz CT molecular complexity index is 659. The van der Waals surface area contributed by atoms with E-state index in [0.717, 1.165) is 16.8 Å². The van der Waals surface area contributed by atoms with Crippen molar-refractivity contribution in [2.75, 3.05) is 6.61 Å². The number of aromatic amines is 1. The zero-order valence-corrected chi connectivity index (χ0v) is 10.1. The van der Waals surface area contributed by atoms with Crippen LogP contribution in [0.3, 0.4) is 0 Å². The van der Waals surface area contributed by atoms with E-state index in [1.807, 2.05) is 4.98 Å². The number of carbonyl (C=O) groups is 1. The molecular formula is C11H12N2O7. The van der Waals surface area contributed by atoms with Gasteiger partial charge in [-0.1, -0.05) is 0 Å². The van der Waals surface area contributed by atoms with Gasteiger partial charge in [-0.25, -0.2) is 9.59 Å². The molecule has 3 atom stereocenters. The first-order valence-corrected chi connectivity index (χ1v) is 5.64. The topological polar surface area (TPSA) is 142 Å². The van der Waals surface area contributed by atoms with Gasteiger partial charge in [0.2, 0.25) is 0 Å². The molecule has 0 amide bonds. The van der Waals surface area contributed by atoms with Gasteiger partial charge >= 0.3 is 11.7 Å². The van der Waals surface area contributed by atoms with Gasteiger partial charge in [0.1, 0.15) is 12.2 Å². The molecule has 2 heterocycles. The molecule has 1 aromatic rings. The summed E-state index contributed by atoms with van der Waals surface area (Å²) in [5, 5.41) is 27.7.